The summed E-state index contributed by atoms with van der Waals surface area (Å²) in [6.45, 7) is 10.8. The molecule has 0 heterocycles. The first-order valence-electron chi connectivity index (χ1n) is 10.3. The molecule has 0 spiro atoms. The lowest BCUT2D eigenvalue weighted by Gasteiger charge is -2.34. The predicted molar refractivity (Wildman–Crippen MR) is 117 cm³/mol. The Hall–Kier alpha value is -2.09. The molecule has 0 aliphatic carbocycles. The Bertz CT molecular complexity index is 709. The molecule has 0 unspecified atom stereocenters. The van der Waals surface area contributed by atoms with Gasteiger partial charge >= 0.3 is 0 Å². The number of carbonyl (C=O) groups excluding carboxylic acids is 1. The number of amides is 1. The molecule has 0 aromatic heterocycles. The molecule has 0 atom stereocenters. The highest BCUT2D eigenvalue weighted by molar-refractivity contribution is 5.95. The van der Waals surface area contributed by atoms with E-state index in [0.717, 1.165) is 36.9 Å². The van der Waals surface area contributed by atoms with Crippen LogP contribution in [0.3, 0.4) is 0 Å². The summed E-state index contributed by atoms with van der Waals surface area (Å²) in [6.07, 6.45) is 4.82. The summed E-state index contributed by atoms with van der Waals surface area (Å²) in [6, 6.07) is 19.1. The molecule has 0 bridgehead atoms. The normalized spacial score (nSPS) is 11.6. The minimum absolute atomic E-state index is 0.0185. The zero-order valence-corrected chi connectivity index (χ0v) is 17.7. The molecule has 0 aliphatic rings. The smallest absolute Gasteiger partial charge is 0.227 e. The van der Waals surface area contributed by atoms with E-state index in [9.17, 15) is 4.79 Å². The monoisotopic (exact) mass is 365 g/mol. The molecule has 2 heteroatoms. The average molecular weight is 366 g/mol. The van der Waals surface area contributed by atoms with E-state index in [4.69, 9.17) is 0 Å². The van der Waals surface area contributed by atoms with E-state index in [-0.39, 0.29) is 17.4 Å². The van der Waals surface area contributed by atoms with Gasteiger partial charge in [0.1, 0.15) is 0 Å². The molecule has 2 nitrogen and oxygen atoms in total. The van der Waals surface area contributed by atoms with Gasteiger partial charge in [-0.2, -0.15) is 0 Å². The van der Waals surface area contributed by atoms with Gasteiger partial charge in [-0.3, -0.25) is 4.79 Å². The lowest BCUT2D eigenvalue weighted by molar-refractivity contribution is -0.120. The van der Waals surface area contributed by atoms with Crippen molar-refractivity contribution in [2.24, 2.45) is 5.41 Å². The lowest BCUT2D eigenvalue weighted by atomic mass is 9.90. The summed E-state index contributed by atoms with van der Waals surface area (Å²) in [5.41, 5.74) is 3.35. The molecule has 146 valence electrons. The van der Waals surface area contributed by atoms with E-state index >= 15 is 0 Å². The molecule has 0 saturated heterocycles. The molecule has 2 aromatic rings. The zero-order chi connectivity index (χ0) is 19.9. The summed E-state index contributed by atoms with van der Waals surface area (Å²) in [4.78, 5) is 15.4. The van der Waals surface area contributed by atoms with Crippen molar-refractivity contribution in [3.8, 4) is 11.1 Å². The summed E-state index contributed by atoms with van der Waals surface area (Å²) >= 11 is 0. The van der Waals surface area contributed by atoms with Crippen molar-refractivity contribution in [3.63, 3.8) is 0 Å². The van der Waals surface area contributed by atoms with Gasteiger partial charge in [-0.1, -0.05) is 89.9 Å². The van der Waals surface area contributed by atoms with Crippen molar-refractivity contribution in [2.75, 3.05) is 4.90 Å². The lowest BCUT2D eigenvalue weighted by Crippen LogP contribution is -2.42. The Morgan fingerprint density at radius 1 is 0.889 bits per heavy atom. The van der Waals surface area contributed by atoms with Gasteiger partial charge in [-0.25, -0.2) is 0 Å². The van der Waals surface area contributed by atoms with E-state index < -0.39 is 0 Å². The van der Waals surface area contributed by atoms with Gasteiger partial charge in [0.2, 0.25) is 5.91 Å². The van der Waals surface area contributed by atoms with Gasteiger partial charge in [0.05, 0.1) is 0 Å². The second-order valence-corrected chi connectivity index (χ2v) is 8.65. The minimum Gasteiger partial charge on any atom is -0.309 e. The van der Waals surface area contributed by atoms with Gasteiger partial charge < -0.3 is 4.90 Å². The number of anilines is 1. The largest absolute Gasteiger partial charge is 0.309 e. The van der Waals surface area contributed by atoms with Crippen LogP contribution in [0.4, 0.5) is 5.69 Å². The van der Waals surface area contributed by atoms with Crippen LogP contribution in [0.1, 0.15) is 66.7 Å². The highest BCUT2D eigenvalue weighted by atomic mass is 16.2. The van der Waals surface area contributed by atoms with Crippen LogP contribution < -0.4 is 4.90 Å². The first kappa shape index (κ1) is 21.2. The Balaban J connectivity index is 2.44. The van der Waals surface area contributed by atoms with Gasteiger partial charge in [-0.15, -0.1) is 0 Å². The van der Waals surface area contributed by atoms with Crippen LogP contribution in [0.15, 0.2) is 54.6 Å². The first-order chi connectivity index (χ1) is 12.9. The SMILES string of the molecule is CCCC(CCC)N(C(=O)CC(C)(C)C)c1cccc(-c2ccccc2)c1. The van der Waals surface area contributed by atoms with Crippen LogP contribution in [0.2, 0.25) is 0 Å². The standard InChI is InChI=1S/C25H35NO/c1-6-12-22(13-7-2)26(24(27)19-25(3,4)5)23-17-11-16-21(18-23)20-14-9-8-10-15-20/h8-11,14-18,22H,6-7,12-13,19H2,1-5H3. The Labute approximate surface area is 165 Å². The van der Waals surface area contributed by atoms with Crippen molar-refractivity contribution in [2.45, 2.75) is 72.8 Å². The fourth-order valence-corrected chi connectivity index (χ4v) is 3.63. The van der Waals surface area contributed by atoms with Crippen LogP contribution in [0.25, 0.3) is 11.1 Å². The van der Waals surface area contributed by atoms with Gasteiger partial charge in [0.25, 0.3) is 0 Å². The van der Waals surface area contributed by atoms with Crippen LogP contribution >= 0.6 is 0 Å². The van der Waals surface area contributed by atoms with Gasteiger partial charge in [0.15, 0.2) is 0 Å². The molecule has 0 saturated carbocycles. The zero-order valence-electron chi connectivity index (χ0n) is 17.7. The molecule has 0 aliphatic heterocycles. The van der Waals surface area contributed by atoms with Crippen molar-refractivity contribution >= 4 is 11.6 Å². The van der Waals surface area contributed by atoms with E-state index in [1.165, 1.54) is 5.56 Å². The van der Waals surface area contributed by atoms with Crippen LogP contribution in [-0.4, -0.2) is 11.9 Å². The molecule has 2 rings (SSSR count). The summed E-state index contributed by atoms with van der Waals surface area (Å²) in [5, 5.41) is 0. The number of hydrogen-bond acceptors (Lipinski definition) is 1. The van der Waals surface area contributed by atoms with Crippen molar-refractivity contribution in [1.82, 2.24) is 0 Å². The summed E-state index contributed by atoms with van der Waals surface area (Å²) in [5.74, 6) is 0.236. The average Bonchev–Trinajstić information content (AvgIpc) is 2.62. The third-order valence-corrected chi connectivity index (χ3v) is 4.79. The van der Waals surface area contributed by atoms with Gasteiger partial charge in [-0.05, 0) is 41.5 Å². The highest BCUT2D eigenvalue weighted by Gasteiger charge is 2.27. The molecular formula is C25H35NO. The second-order valence-electron chi connectivity index (χ2n) is 8.65. The number of benzene rings is 2. The van der Waals surface area contributed by atoms with E-state index in [2.05, 4.69) is 88.0 Å². The molecule has 2 aromatic carbocycles. The fraction of sp³-hybridized carbons (Fsp3) is 0.480. The van der Waals surface area contributed by atoms with Crippen LogP contribution in [-0.2, 0) is 4.79 Å². The van der Waals surface area contributed by atoms with Crippen molar-refractivity contribution in [3.05, 3.63) is 54.6 Å². The maximum atomic E-state index is 13.3. The van der Waals surface area contributed by atoms with Crippen molar-refractivity contribution in [1.29, 1.82) is 0 Å². The molecule has 27 heavy (non-hydrogen) atoms. The summed E-state index contributed by atoms with van der Waals surface area (Å²) in [7, 11) is 0. The third kappa shape index (κ3) is 6.23. The van der Waals surface area contributed by atoms with Crippen LogP contribution in [0.5, 0.6) is 0 Å². The number of rotatable bonds is 8. The Morgan fingerprint density at radius 2 is 1.48 bits per heavy atom. The van der Waals surface area contributed by atoms with Gasteiger partial charge in [0, 0.05) is 18.2 Å². The second kappa shape index (κ2) is 9.73. The number of carbonyl (C=O) groups is 1. The maximum absolute atomic E-state index is 13.3. The Morgan fingerprint density at radius 3 is 2.04 bits per heavy atom. The Kier molecular flexibility index (Phi) is 7.65. The minimum atomic E-state index is -0.0185. The highest BCUT2D eigenvalue weighted by Crippen LogP contribution is 2.30. The third-order valence-electron chi connectivity index (χ3n) is 4.79. The molecule has 1 amide bonds. The maximum Gasteiger partial charge on any atom is 0.227 e. The molecule has 0 radical (unpaired) electrons. The predicted octanol–water partition coefficient (Wildman–Crippen LogP) is 7.09. The first-order valence-corrected chi connectivity index (χ1v) is 10.3. The van der Waals surface area contributed by atoms with E-state index in [1.54, 1.807) is 0 Å². The number of nitrogens with zero attached hydrogens (tertiary/aromatic N) is 1. The molecule has 0 fully saturated rings. The fourth-order valence-electron chi connectivity index (χ4n) is 3.63. The van der Waals surface area contributed by atoms with E-state index in [0.29, 0.717) is 6.42 Å². The van der Waals surface area contributed by atoms with Crippen LogP contribution in [0, 0.1) is 5.41 Å². The topological polar surface area (TPSA) is 20.3 Å². The van der Waals surface area contributed by atoms with E-state index in [1.807, 2.05) is 6.07 Å². The van der Waals surface area contributed by atoms with Crippen molar-refractivity contribution < 1.29 is 4.79 Å². The number of hydrogen-bond donors (Lipinski definition) is 0. The summed E-state index contributed by atoms with van der Waals surface area (Å²) < 4.78 is 0. The quantitative estimate of drug-likeness (QED) is 0.489. The molecular weight excluding hydrogens is 330 g/mol. The molecule has 0 N–H and O–H groups in total.